The zero-order chi connectivity index (χ0) is 26.9. The highest BCUT2D eigenvalue weighted by Crippen LogP contribution is 2.44. The number of hydrogen-bond acceptors (Lipinski definition) is 7. The maximum Gasteiger partial charge on any atom is 0.257 e. The minimum Gasteiger partial charge on any atom is -0.401 e. The highest BCUT2D eigenvalue weighted by atomic mass is 16.1. The van der Waals surface area contributed by atoms with E-state index in [9.17, 15) is 4.79 Å². The Kier molecular flexibility index (Phi) is 9.65. The van der Waals surface area contributed by atoms with Crippen LogP contribution in [0.5, 0.6) is 0 Å². The average molecular weight is 518 g/mol. The molecular formula is C30H43N7O. The number of anilines is 3. The Labute approximate surface area is 226 Å². The quantitative estimate of drug-likeness (QED) is 0.188. The number of nitrogens with zero attached hydrogens (tertiary/aromatic N) is 2. The lowest BCUT2D eigenvalue weighted by Gasteiger charge is -2.20. The molecule has 1 amide bonds. The molecule has 1 aliphatic carbocycles. The second kappa shape index (κ2) is 13.3. The van der Waals surface area contributed by atoms with E-state index in [1.165, 1.54) is 19.3 Å². The molecule has 38 heavy (non-hydrogen) atoms. The van der Waals surface area contributed by atoms with E-state index in [-0.39, 0.29) is 5.91 Å². The Morgan fingerprint density at radius 2 is 2.08 bits per heavy atom. The van der Waals surface area contributed by atoms with Crippen LogP contribution in [0.3, 0.4) is 0 Å². The summed E-state index contributed by atoms with van der Waals surface area (Å²) in [5, 5.41) is 11.2. The normalized spacial score (nSPS) is 16.3. The summed E-state index contributed by atoms with van der Waals surface area (Å²) in [5.74, 6) is 7.85. The van der Waals surface area contributed by atoms with Crippen molar-refractivity contribution in [1.82, 2.24) is 10.6 Å². The minimum atomic E-state index is -0.142. The van der Waals surface area contributed by atoms with Crippen LogP contribution in [-0.2, 0) is 0 Å². The number of benzene rings is 2. The number of carbonyl (C=O) groups excluding carboxylic acids is 1. The molecule has 2 aromatic carbocycles. The molecule has 0 radical (unpaired) electrons. The molecule has 0 aromatic heterocycles. The predicted octanol–water partition coefficient (Wildman–Crippen LogP) is 5.47. The van der Waals surface area contributed by atoms with Crippen LogP contribution in [0, 0.1) is 5.92 Å². The number of amides is 1. The zero-order valence-corrected chi connectivity index (χ0v) is 22.8. The third-order valence-electron chi connectivity index (χ3n) is 7.26. The van der Waals surface area contributed by atoms with Crippen molar-refractivity contribution in [2.45, 2.75) is 71.1 Å². The smallest absolute Gasteiger partial charge is 0.257 e. The summed E-state index contributed by atoms with van der Waals surface area (Å²) in [6.07, 6.45) is 10.7. The van der Waals surface area contributed by atoms with Gasteiger partial charge in [-0.25, -0.2) is 5.84 Å². The number of carbonyl (C=O) groups is 1. The van der Waals surface area contributed by atoms with Crippen molar-refractivity contribution in [3.05, 3.63) is 65.5 Å². The third kappa shape index (κ3) is 7.74. The van der Waals surface area contributed by atoms with E-state index in [0.717, 1.165) is 73.5 Å². The summed E-state index contributed by atoms with van der Waals surface area (Å²) in [6.45, 7) is 6.01. The van der Waals surface area contributed by atoms with Crippen LogP contribution >= 0.6 is 0 Å². The molecule has 0 bridgehead atoms. The number of aliphatic imine (C=N–C) groups is 1. The summed E-state index contributed by atoms with van der Waals surface area (Å²) in [7, 11) is 0. The number of rotatable bonds is 12. The molecule has 1 aliphatic heterocycles. The van der Waals surface area contributed by atoms with E-state index >= 15 is 0 Å². The fourth-order valence-electron chi connectivity index (χ4n) is 4.83. The van der Waals surface area contributed by atoms with Gasteiger partial charge in [0.25, 0.3) is 5.91 Å². The van der Waals surface area contributed by atoms with Crippen LogP contribution in [0.25, 0.3) is 0 Å². The molecule has 7 N–H and O–H groups in total. The first kappa shape index (κ1) is 27.5. The second-order valence-electron chi connectivity index (χ2n) is 10.4. The molecule has 0 saturated heterocycles. The Morgan fingerprint density at radius 1 is 1.24 bits per heavy atom. The van der Waals surface area contributed by atoms with E-state index in [4.69, 9.17) is 11.6 Å². The lowest BCUT2D eigenvalue weighted by atomic mass is 9.94. The molecule has 4 rings (SSSR count). The molecule has 2 aromatic rings. The number of guanidine groups is 1. The fraction of sp³-hybridized carbons (Fsp3) is 0.467. The van der Waals surface area contributed by atoms with Gasteiger partial charge >= 0.3 is 0 Å². The van der Waals surface area contributed by atoms with Crippen LogP contribution < -0.4 is 32.5 Å². The standard InChI is InChI=1S/C30H43N7O/c1-3-5-8-21(4-2)17-24(31)20-37(32)26-10-6-9-25(19-26)35-28-14-13-23(18-27(28)22-11-12-22)29(38)36-30-33-15-7-16-34-30/h6,9-10,13-14,18-22,35H,3-5,7-8,11-12,15-17,31-32H2,1-2H3,(H2,33,34,36,38)/b24-20-. The molecule has 1 fully saturated rings. The predicted molar refractivity (Wildman–Crippen MR) is 157 cm³/mol. The lowest BCUT2D eigenvalue weighted by Crippen LogP contribution is -2.43. The summed E-state index contributed by atoms with van der Waals surface area (Å²) >= 11 is 0. The van der Waals surface area contributed by atoms with Crippen molar-refractivity contribution < 1.29 is 4.79 Å². The van der Waals surface area contributed by atoms with Crippen LogP contribution in [0.2, 0.25) is 0 Å². The molecule has 0 spiro atoms. The molecule has 204 valence electrons. The number of nitrogens with two attached hydrogens (primary N) is 2. The first-order chi connectivity index (χ1) is 18.5. The Balaban J connectivity index is 1.44. The molecule has 2 aliphatic rings. The molecule has 8 nitrogen and oxygen atoms in total. The molecule has 1 saturated carbocycles. The van der Waals surface area contributed by atoms with Crippen molar-refractivity contribution in [2.24, 2.45) is 22.5 Å². The van der Waals surface area contributed by atoms with Gasteiger partial charge in [-0.05, 0) is 79.5 Å². The first-order valence-corrected chi connectivity index (χ1v) is 14.1. The molecule has 1 heterocycles. The van der Waals surface area contributed by atoms with Crippen molar-refractivity contribution in [1.29, 1.82) is 0 Å². The highest BCUT2D eigenvalue weighted by molar-refractivity contribution is 6.06. The van der Waals surface area contributed by atoms with E-state index in [0.29, 0.717) is 23.4 Å². The number of unbranched alkanes of at least 4 members (excludes halogenated alkanes) is 1. The lowest BCUT2D eigenvalue weighted by molar-refractivity contribution is 0.0975. The van der Waals surface area contributed by atoms with Gasteiger partial charge in [-0.2, -0.15) is 0 Å². The monoisotopic (exact) mass is 517 g/mol. The van der Waals surface area contributed by atoms with Gasteiger partial charge in [-0.1, -0.05) is 45.6 Å². The van der Waals surface area contributed by atoms with Crippen molar-refractivity contribution in [3.8, 4) is 0 Å². The van der Waals surface area contributed by atoms with E-state index in [2.05, 4.69) is 34.8 Å². The Morgan fingerprint density at radius 3 is 2.79 bits per heavy atom. The summed E-state index contributed by atoms with van der Waals surface area (Å²) in [5.41, 5.74) is 11.7. The van der Waals surface area contributed by atoms with Crippen LogP contribution in [-0.4, -0.2) is 25.0 Å². The highest BCUT2D eigenvalue weighted by Gasteiger charge is 2.27. The van der Waals surface area contributed by atoms with Crippen LogP contribution in [0.15, 0.2) is 59.4 Å². The van der Waals surface area contributed by atoms with Gasteiger partial charge in [0.1, 0.15) is 0 Å². The Hall–Kier alpha value is -3.52. The maximum absolute atomic E-state index is 12.8. The second-order valence-corrected chi connectivity index (χ2v) is 10.4. The molecule has 1 unspecified atom stereocenters. The van der Waals surface area contributed by atoms with Gasteiger partial charge in [0.2, 0.25) is 0 Å². The average Bonchev–Trinajstić information content (AvgIpc) is 3.77. The zero-order valence-electron chi connectivity index (χ0n) is 22.8. The molecule has 8 heteroatoms. The van der Waals surface area contributed by atoms with Gasteiger partial charge in [0.15, 0.2) is 5.96 Å². The van der Waals surface area contributed by atoms with Crippen LogP contribution in [0.4, 0.5) is 17.1 Å². The maximum atomic E-state index is 12.8. The van der Waals surface area contributed by atoms with Crippen molar-refractivity contribution >= 4 is 28.9 Å². The molecule has 1 atom stereocenters. The molecular weight excluding hydrogens is 474 g/mol. The number of nitrogens with one attached hydrogen (secondary N) is 3. The minimum absolute atomic E-state index is 0.142. The number of hydrazine groups is 1. The number of allylic oxidation sites excluding steroid dienone is 1. The van der Waals surface area contributed by atoms with Crippen molar-refractivity contribution in [3.63, 3.8) is 0 Å². The summed E-state index contributed by atoms with van der Waals surface area (Å²) in [6, 6.07) is 13.8. The first-order valence-electron chi connectivity index (χ1n) is 14.1. The van der Waals surface area contributed by atoms with Gasteiger partial charge in [0.05, 0.1) is 5.69 Å². The Bertz CT molecular complexity index is 1160. The fourth-order valence-corrected chi connectivity index (χ4v) is 4.83. The number of hydrogen-bond donors (Lipinski definition) is 5. The van der Waals surface area contributed by atoms with Gasteiger partial charge in [0, 0.05) is 41.9 Å². The third-order valence-corrected chi connectivity index (χ3v) is 7.26. The van der Waals surface area contributed by atoms with E-state index in [1.807, 2.05) is 48.7 Å². The summed E-state index contributed by atoms with van der Waals surface area (Å²) in [4.78, 5) is 17.2. The van der Waals surface area contributed by atoms with Crippen molar-refractivity contribution in [2.75, 3.05) is 23.4 Å². The van der Waals surface area contributed by atoms with Gasteiger partial charge < -0.3 is 16.4 Å². The van der Waals surface area contributed by atoms with Gasteiger partial charge in [-0.3, -0.25) is 20.1 Å². The topological polar surface area (TPSA) is 121 Å². The largest absolute Gasteiger partial charge is 0.401 e. The SMILES string of the molecule is CCCCC(CC)C/C(N)=C/N(N)c1cccc(Nc2ccc(C(=O)NC3=NCCCN3)cc2C2CC2)c1. The van der Waals surface area contributed by atoms with E-state index < -0.39 is 0 Å². The van der Waals surface area contributed by atoms with E-state index in [1.54, 1.807) is 5.01 Å². The summed E-state index contributed by atoms with van der Waals surface area (Å²) < 4.78 is 0. The van der Waals surface area contributed by atoms with Gasteiger partial charge in [-0.15, -0.1) is 0 Å². The van der Waals surface area contributed by atoms with Crippen LogP contribution in [0.1, 0.15) is 87.1 Å².